The number of carboxylic acid groups (broad SMARTS) is 1. The van der Waals surface area contributed by atoms with Crippen molar-refractivity contribution in [3.05, 3.63) is 33.6 Å². The number of nitrogens with zero attached hydrogens (tertiary/aromatic N) is 1. The van der Waals surface area contributed by atoms with E-state index in [4.69, 9.17) is 5.11 Å². The van der Waals surface area contributed by atoms with Crippen molar-refractivity contribution in [2.45, 2.75) is 0 Å². The number of H-pyrrole nitrogens is 1. The number of aromatic carboxylic acids is 1. The van der Waals surface area contributed by atoms with Gasteiger partial charge in [0.25, 0.3) is 0 Å². The largest absolute Gasteiger partial charge is 0.618 e. The van der Waals surface area contributed by atoms with Crippen molar-refractivity contribution in [2.75, 3.05) is 0 Å². The SMILES string of the molecule is O=C(O)c1c[n+]([O-])cc(=O)[nH]1. The van der Waals surface area contributed by atoms with Gasteiger partial charge < -0.3 is 15.3 Å². The van der Waals surface area contributed by atoms with Crippen molar-refractivity contribution in [1.82, 2.24) is 4.98 Å². The van der Waals surface area contributed by atoms with E-state index in [1.165, 1.54) is 0 Å². The van der Waals surface area contributed by atoms with E-state index in [0.717, 1.165) is 6.20 Å². The van der Waals surface area contributed by atoms with E-state index in [-0.39, 0.29) is 4.73 Å². The van der Waals surface area contributed by atoms with Crippen LogP contribution in [0.1, 0.15) is 10.5 Å². The molecule has 0 saturated carbocycles. The predicted octanol–water partition coefficient (Wildman–Crippen LogP) is -1.29. The summed E-state index contributed by atoms with van der Waals surface area (Å²) in [6.45, 7) is 0. The van der Waals surface area contributed by atoms with Gasteiger partial charge in [-0.3, -0.25) is 4.79 Å². The second-order valence-electron chi connectivity index (χ2n) is 1.83. The fraction of sp³-hybridized carbons (Fsp3) is 0. The molecule has 11 heavy (non-hydrogen) atoms. The van der Waals surface area contributed by atoms with Gasteiger partial charge in [-0.2, -0.15) is 4.73 Å². The molecule has 6 nitrogen and oxygen atoms in total. The molecule has 0 fully saturated rings. The summed E-state index contributed by atoms with van der Waals surface area (Å²) in [6.07, 6.45) is 1.47. The van der Waals surface area contributed by atoms with E-state index in [0.29, 0.717) is 6.20 Å². The molecule has 1 aromatic heterocycles. The third-order valence-corrected chi connectivity index (χ3v) is 0.989. The average molecular weight is 156 g/mol. The van der Waals surface area contributed by atoms with Gasteiger partial charge >= 0.3 is 11.5 Å². The maximum Gasteiger partial charge on any atom is 0.358 e. The monoisotopic (exact) mass is 156 g/mol. The van der Waals surface area contributed by atoms with Gasteiger partial charge in [0, 0.05) is 0 Å². The van der Waals surface area contributed by atoms with Gasteiger partial charge in [0.15, 0.2) is 5.69 Å². The lowest BCUT2D eigenvalue weighted by Crippen LogP contribution is -2.33. The highest BCUT2D eigenvalue weighted by molar-refractivity contribution is 5.84. The number of carbonyl (C=O) groups is 1. The molecule has 0 saturated heterocycles. The first-order chi connectivity index (χ1) is 5.09. The molecule has 0 aliphatic heterocycles. The van der Waals surface area contributed by atoms with Crippen LogP contribution in [0.25, 0.3) is 0 Å². The zero-order chi connectivity index (χ0) is 8.43. The second kappa shape index (κ2) is 2.41. The van der Waals surface area contributed by atoms with Gasteiger partial charge in [-0.25, -0.2) is 4.79 Å². The Morgan fingerprint density at radius 3 is 2.73 bits per heavy atom. The minimum absolute atomic E-state index is 0.141. The number of rotatable bonds is 1. The third kappa shape index (κ3) is 1.54. The van der Waals surface area contributed by atoms with Crippen LogP contribution < -0.4 is 10.3 Å². The van der Waals surface area contributed by atoms with E-state index in [1.807, 2.05) is 4.98 Å². The molecule has 1 rings (SSSR count). The molecule has 1 aromatic rings. The molecular weight excluding hydrogens is 152 g/mol. The van der Waals surface area contributed by atoms with Crippen molar-refractivity contribution < 1.29 is 14.6 Å². The van der Waals surface area contributed by atoms with Crippen LogP contribution in [0.2, 0.25) is 0 Å². The van der Waals surface area contributed by atoms with Crippen LogP contribution >= 0.6 is 0 Å². The number of hydrogen-bond donors (Lipinski definition) is 2. The Kier molecular flexibility index (Phi) is 1.59. The Morgan fingerprint density at radius 2 is 2.27 bits per heavy atom. The van der Waals surface area contributed by atoms with Crippen LogP contribution in [0.15, 0.2) is 17.2 Å². The summed E-state index contributed by atoms with van der Waals surface area (Å²) in [5.74, 6) is -1.34. The summed E-state index contributed by atoms with van der Waals surface area (Å²) < 4.78 is 0.141. The fourth-order valence-corrected chi connectivity index (χ4v) is 0.586. The maximum atomic E-state index is 10.5. The van der Waals surface area contributed by atoms with Crippen LogP contribution in [-0.4, -0.2) is 16.1 Å². The number of carboxylic acids is 1. The predicted molar refractivity (Wildman–Crippen MR) is 33.0 cm³/mol. The molecule has 0 spiro atoms. The minimum atomic E-state index is -1.34. The van der Waals surface area contributed by atoms with Crippen LogP contribution in [0.3, 0.4) is 0 Å². The summed E-state index contributed by atoms with van der Waals surface area (Å²) in [5, 5.41) is 18.8. The number of hydrogen-bond acceptors (Lipinski definition) is 3. The first-order valence-corrected chi connectivity index (χ1v) is 2.66. The molecule has 1 heterocycles. The van der Waals surface area contributed by atoms with E-state index < -0.39 is 17.2 Å². The quantitative estimate of drug-likeness (QED) is 0.390. The van der Waals surface area contributed by atoms with Crippen LogP contribution in [-0.2, 0) is 0 Å². The summed E-state index contributed by atoms with van der Waals surface area (Å²) in [5.41, 5.74) is -1.16. The van der Waals surface area contributed by atoms with E-state index in [9.17, 15) is 14.8 Å². The van der Waals surface area contributed by atoms with Gasteiger partial charge in [0.2, 0.25) is 12.4 Å². The molecule has 0 aromatic carbocycles. The number of nitrogens with one attached hydrogen (secondary N) is 1. The Bertz CT molecular complexity index is 343. The molecule has 0 unspecified atom stereocenters. The molecular formula is C5H4N2O4. The standard InChI is InChI=1S/C5H4N2O4/c8-4-2-7(11)1-3(6-4)5(9)10/h1-2H,(H,6,8)(H,9,10). The highest BCUT2D eigenvalue weighted by Crippen LogP contribution is 1.82. The molecule has 0 radical (unpaired) electrons. The van der Waals surface area contributed by atoms with Crippen LogP contribution in [0.5, 0.6) is 0 Å². The first-order valence-electron chi connectivity index (χ1n) is 2.66. The second-order valence-corrected chi connectivity index (χ2v) is 1.83. The summed E-state index contributed by atoms with van der Waals surface area (Å²) >= 11 is 0. The molecule has 0 aliphatic carbocycles. The van der Waals surface area contributed by atoms with Gasteiger partial charge in [-0.15, -0.1) is 0 Å². The Labute approximate surface area is 60.3 Å². The Hall–Kier alpha value is -1.85. The van der Waals surface area contributed by atoms with E-state index in [2.05, 4.69) is 0 Å². The molecule has 2 N–H and O–H groups in total. The lowest BCUT2D eigenvalue weighted by Gasteiger charge is -1.94. The van der Waals surface area contributed by atoms with Gasteiger partial charge in [-0.1, -0.05) is 0 Å². The lowest BCUT2D eigenvalue weighted by atomic mass is 10.5. The van der Waals surface area contributed by atoms with Crippen molar-refractivity contribution >= 4 is 5.97 Å². The third-order valence-electron chi connectivity index (χ3n) is 0.989. The van der Waals surface area contributed by atoms with Crippen LogP contribution in [0, 0.1) is 5.21 Å². The highest BCUT2D eigenvalue weighted by Gasteiger charge is 2.07. The van der Waals surface area contributed by atoms with Crippen molar-refractivity contribution in [2.24, 2.45) is 0 Å². The number of aromatic nitrogens is 2. The van der Waals surface area contributed by atoms with Gasteiger partial charge in [0.05, 0.1) is 0 Å². The van der Waals surface area contributed by atoms with Crippen molar-refractivity contribution in [3.63, 3.8) is 0 Å². The smallest absolute Gasteiger partial charge is 0.358 e. The van der Waals surface area contributed by atoms with Gasteiger partial charge in [-0.05, 0) is 0 Å². The highest BCUT2D eigenvalue weighted by atomic mass is 16.5. The van der Waals surface area contributed by atoms with Gasteiger partial charge in [0.1, 0.15) is 0 Å². The summed E-state index contributed by atoms with van der Waals surface area (Å²) in [7, 11) is 0. The molecule has 0 amide bonds. The average Bonchev–Trinajstić information content (AvgIpc) is 1.85. The molecule has 0 bridgehead atoms. The topological polar surface area (TPSA) is 97.1 Å². The lowest BCUT2D eigenvalue weighted by molar-refractivity contribution is -0.607. The van der Waals surface area contributed by atoms with E-state index >= 15 is 0 Å². The van der Waals surface area contributed by atoms with Crippen molar-refractivity contribution in [3.8, 4) is 0 Å². The first kappa shape index (κ1) is 7.26. The minimum Gasteiger partial charge on any atom is -0.618 e. The zero-order valence-electron chi connectivity index (χ0n) is 5.27. The molecule has 6 heteroatoms. The van der Waals surface area contributed by atoms with E-state index in [1.54, 1.807) is 0 Å². The van der Waals surface area contributed by atoms with Crippen LogP contribution in [0.4, 0.5) is 0 Å². The Balaban J connectivity index is 3.30. The van der Waals surface area contributed by atoms with Crippen molar-refractivity contribution in [1.29, 1.82) is 0 Å². The fourth-order valence-electron chi connectivity index (χ4n) is 0.586. The molecule has 0 atom stereocenters. The molecule has 58 valence electrons. The summed E-state index contributed by atoms with van der Waals surface area (Å²) in [6, 6.07) is 0. The zero-order valence-corrected chi connectivity index (χ0v) is 5.27. The normalized spacial score (nSPS) is 9.45. The summed E-state index contributed by atoms with van der Waals surface area (Å²) in [4.78, 5) is 22.6. The maximum absolute atomic E-state index is 10.5. The molecule has 0 aliphatic rings. The number of aromatic amines is 1. The Morgan fingerprint density at radius 1 is 1.64 bits per heavy atom.